The maximum Gasteiger partial charge on any atom is 0.410 e. The number of aromatic nitrogens is 5. The van der Waals surface area contributed by atoms with Crippen LogP contribution in [0.1, 0.15) is 41.1 Å². The molecule has 4 aromatic rings. The number of rotatable bonds is 2. The number of amides is 1. The largest absolute Gasteiger partial charge is 0.410 e. The highest BCUT2D eigenvalue weighted by Crippen LogP contribution is 2.43. The van der Waals surface area contributed by atoms with Crippen LogP contribution in [0.4, 0.5) is 19.0 Å². The Morgan fingerprint density at radius 2 is 1.97 bits per heavy atom. The monoisotopic (exact) mass is 474 g/mol. The minimum Gasteiger partial charge on any atom is -0.290 e. The highest BCUT2D eigenvalue weighted by molar-refractivity contribution is 7.13. The Morgan fingerprint density at radius 3 is 2.64 bits per heavy atom. The lowest BCUT2D eigenvalue weighted by Gasteiger charge is -2.38. The molecule has 0 bridgehead atoms. The predicted octanol–water partition coefficient (Wildman–Crippen LogP) is 5.05. The number of hydrogen-bond donors (Lipinski definition) is 0. The zero-order valence-corrected chi connectivity index (χ0v) is 19.2. The molecule has 0 aliphatic carbocycles. The van der Waals surface area contributed by atoms with E-state index < -0.39 is 24.2 Å². The summed E-state index contributed by atoms with van der Waals surface area (Å²) in [6.45, 7) is 5.05. The average Bonchev–Trinajstić information content (AvgIpc) is 3.45. The molecular weight excluding hydrogens is 453 g/mol. The van der Waals surface area contributed by atoms with E-state index in [2.05, 4.69) is 10.2 Å². The summed E-state index contributed by atoms with van der Waals surface area (Å²) in [6.07, 6.45) is -4.74. The number of hydrogen-bond acceptors (Lipinski definition) is 5. The SMILES string of the molecule is Cc1cc2n(n1)[C@@H](C(F)(F)F)C[C@H](C)N2C(=O)c1cc(-c2cccs2)nc2c1c(C)nn2C. The van der Waals surface area contributed by atoms with Crippen molar-refractivity contribution in [3.05, 3.63) is 46.6 Å². The van der Waals surface area contributed by atoms with Crippen LogP contribution in [0.5, 0.6) is 0 Å². The van der Waals surface area contributed by atoms with E-state index >= 15 is 0 Å². The van der Waals surface area contributed by atoms with E-state index in [9.17, 15) is 18.0 Å². The van der Waals surface area contributed by atoms with Gasteiger partial charge in [0.05, 0.1) is 32.9 Å². The molecule has 5 heterocycles. The Hall–Kier alpha value is -3.21. The van der Waals surface area contributed by atoms with Crippen molar-refractivity contribution in [3.8, 4) is 10.6 Å². The molecule has 0 fully saturated rings. The molecule has 11 heteroatoms. The first-order valence-electron chi connectivity index (χ1n) is 10.4. The Balaban J connectivity index is 1.70. The topological polar surface area (TPSA) is 68.8 Å². The van der Waals surface area contributed by atoms with E-state index in [0.717, 1.165) is 9.56 Å². The van der Waals surface area contributed by atoms with Gasteiger partial charge in [0.15, 0.2) is 11.7 Å². The minimum absolute atomic E-state index is 0.141. The fourth-order valence-electron chi connectivity index (χ4n) is 4.54. The summed E-state index contributed by atoms with van der Waals surface area (Å²) in [4.78, 5) is 21.0. The Bertz CT molecular complexity index is 1370. The molecule has 1 aliphatic heterocycles. The summed E-state index contributed by atoms with van der Waals surface area (Å²) in [7, 11) is 1.75. The van der Waals surface area contributed by atoms with E-state index in [-0.39, 0.29) is 12.2 Å². The summed E-state index contributed by atoms with van der Waals surface area (Å²) in [5, 5.41) is 11.0. The van der Waals surface area contributed by atoms with Gasteiger partial charge in [-0.3, -0.25) is 14.4 Å². The van der Waals surface area contributed by atoms with Gasteiger partial charge in [0.25, 0.3) is 5.91 Å². The summed E-state index contributed by atoms with van der Waals surface area (Å²) >= 11 is 1.49. The molecule has 0 spiro atoms. The van der Waals surface area contributed by atoms with Crippen molar-refractivity contribution in [2.45, 2.75) is 45.5 Å². The van der Waals surface area contributed by atoms with Crippen LogP contribution in [0.25, 0.3) is 21.6 Å². The smallest absolute Gasteiger partial charge is 0.290 e. The quantitative estimate of drug-likeness (QED) is 0.408. The lowest BCUT2D eigenvalue weighted by Crippen LogP contribution is -2.48. The number of nitrogens with zero attached hydrogens (tertiary/aromatic N) is 6. The molecule has 0 saturated heterocycles. The second-order valence-corrected chi connectivity index (χ2v) is 9.29. The second-order valence-electron chi connectivity index (χ2n) is 8.35. The van der Waals surface area contributed by atoms with Crippen molar-refractivity contribution in [1.82, 2.24) is 24.5 Å². The number of halogens is 3. The van der Waals surface area contributed by atoms with Gasteiger partial charge in [0.1, 0.15) is 5.82 Å². The standard InChI is InChI=1S/C22H21F3N6OS/c1-11-8-18-30(12(2)9-17(22(23,24)25)31(18)27-11)21(32)14-10-15(16-6-5-7-33-16)26-20-19(14)13(3)28-29(20)4/h5-8,10,12,17H,9H2,1-4H3/t12-,17+/m0/s1. The van der Waals surface area contributed by atoms with Crippen molar-refractivity contribution in [1.29, 1.82) is 0 Å². The van der Waals surface area contributed by atoms with Crippen LogP contribution in [0, 0.1) is 13.8 Å². The number of anilines is 1. The van der Waals surface area contributed by atoms with Crippen LogP contribution in [-0.4, -0.2) is 42.7 Å². The van der Waals surface area contributed by atoms with Crippen LogP contribution in [0.3, 0.4) is 0 Å². The zero-order valence-electron chi connectivity index (χ0n) is 18.4. The number of alkyl halides is 3. The number of aryl methyl sites for hydroxylation is 3. The molecule has 0 radical (unpaired) electrons. The Labute approximate surface area is 191 Å². The molecule has 2 atom stereocenters. The van der Waals surface area contributed by atoms with E-state index in [1.165, 1.54) is 22.3 Å². The predicted molar refractivity (Wildman–Crippen MR) is 120 cm³/mol. The maximum atomic E-state index is 14.0. The third-order valence-electron chi connectivity index (χ3n) is 5.95. The molecular formula is C22H21F3N6OS. The van der Waals surface area contributed by atoms with Gasteiger partial charge in [0, 0.05) is 19.2 Å². The fraction of sp³-hybridized carbons (Fsp3) is 0.364. The molecule has 5 rings (SSSR count). The first-order valence-corrected chi connectivity index (χ1v) is 11.3. The molecule has 0 aromatic carbocycles. The molecule has 4 aromatic heterocycles. The van der Waals surface area contributed by atoms with E-state index in [4.69, 9.17) is 4.98 Å². The van der Waals surface area contributed by atoms with E-state index in [1.807, 2.05) is 17.5 Å². The van der Waals surface area contributed by atoms with Gasteiger partial charge >= 0.3 is 6.18 Å². The van der Waals surface area contributed by atoms with Crippen molar-refractivity contribution in [2.24, 2.45) is 7.05 Å². The van der Waals surface area contributed by atoms with Crippen molar-refractivity contribution >= 4 is 34.1 Å². The molecule has 0 saturated carbocycles. The zero-order chi connectivity index (χ0) is 23.7. The van der Waals surface area contributed by atoms with E-state index in [0.29, 0.717) is 33.7 Å². The highest BCUT2D eigenvalue weighted by Gasteiger charge is 2.48. The third-order valence-corrected chi connectivity index (χ3v) is 6.85. The summed E-state index contributed by atoms with van der Waals surface area (Å²) in [5.74, 6) is -0.256. The van der Waals surface area contributed by atoms with Gasteiger partial charge in [0.2, 0.25) is 0 Å². The van der Waals surface area contributed by atoms with E-state index in [1.54, 1.807) is 38.6 Å². The van der Waals surface area contributed by atoms with Crippen LogP contribution in [0.2, 0.25) is 0 Å². The van der Waals surface area contributed by atoms with Crippen LogP contribution >= 0.6 is 11.3 Å². The van der Waals surface area contributed by atoms with Crippen LogP contribution in [0.15, 0.2) is 29.6 Å². The Kier molecular flexibility index (Phi) is 4.85. The first kappa shape index (κ1) is 21.6. The number of pyridine rings is 1. The lowest BCUT2D eigenvalue weighted by atomic mass is 10.0. The maximum absolute atomic E-state index is 14.0. The Morgan fingerprint density at radius 1 is 1.21 bits per heavy atom. The van der Waals surface area contributed by atoms with Gasteiger partial charge in [-0.1, -0.05) is 6.07 Å². The van der Waals surface area contributed by atoms with Gasteiger partial charge in [-0.2, -0.15) is 23.4 Å². The van der Waals surface area contributed by atoms with Crippen molar-refractivity contribution < 1.29 is 18.0 Å². The fourth-order valence-corrected chi connectivity index (χ4v) is 5.22. The number of carbonyl (C=O) groups is 1. The number of carbonyl (C=O) groups excluding carboxylic acids is 1. The molecule has 0 N–H and O–H groups in total. The summed E-state index contributed by atoms with van der Waals surface area (Å²) < 4.78 is 43.8. The molecule has 1 aliphatic rings. The number of thiophene rings is 1. The number of fused-ring (bicyclic) bond motifs is 2. The normalized spacial score (nSPS) is 18.7. The first-order chi connectivity index (χ1) is 15.6. The van der Waals surface area contributed by atoms with Crippen molar-refractivity contribution in [2.75, 3.05) is 4.90 Å². The second kappa shape index (κ2) is 7.41. The summed E-state index contributed by atoms with van der Waals surface area (Å²) in [5.41, 5.74) is 2.57. The average molecular weight is 475 g/mol. The molecule has 0 unspecified atom stereocenters. The van der Waals surface area contributed by atoms with Crippen molar-refractivity contribution in [3.63, 3.8) is 0 Å². The van der Waals surface area contributed by atoms with Gasteiger partial charge in [-0.05, 0) is 44.7 Å². The van der Waals surface area contributed by atoms with Gasteiger partial charge in [-0.25, -0.2) is 9.67 Å². The molecule has 1 amide bonds. The summed E-state index contributed by atoms with van der Waals surface area (Å²) in [6, 6.07) is 4.58. The van der Waals surface area contributed by atoms with Crippen LogP contribution < -0.4 is 4.90 Å². The van der Waals surface area contributed by atoms with Gasteiger partial charge < -0.3 is 0 Å². The van der Waals surface area contributed by atoms with Gasteiger partial charge in [-0.15, -0.1) is 11.3 Å². The molecule has 7 nitrogen and oxygen atoms in total. The molecule has 172 valence electrons. The third kappa shape index (κ3) is 3.41. The van der Waals surface area contributed by atoms with Crippen LogP contribution in [-0.2, 0) is 7.05 Å². The highest BCUT2D eigenvalue weighted by atomic mass is 32.1. The molecule has 33 heavy (non-hydrogen) atoms. The minimum atomic E-state index is -4.47. The lowest BCUT2D eigenvalue weighted by molar-refractivity contribution is -0.174.